The number of hydrogen-bond donors (Lipinski definition) is 1. The van der Waals surface area contributed by atoms with Gasteiger partial charge in [0.1, 0.15) is 0 Å². The number of aryl methyl sites for hydroxylation is 1. The molecule has 0 aliphatic carbocycles. The van der Waals surface area contributed by atoms with E-state index in [9.17, 15) is 0 Å². The summed E-state index contributed by atoms with van der Waals surface area (Å²) in [6, 6.07) is 4.27. The Kier molecular flexibility index (Phi) is 4.51. The summed E-state index contributed by atoms with van der Waals surface area (Å²) in [5.74, 6) is 0.700. The van der Waals surface area contributed by atoms with Crippen LogP contribution >= 0.6 is 0 Å². The molecule has 0 radical (unpaired) electrons. The summed E-state index contributed by atoms with van der Waals surface area (Å²) in [6.07, 6.45) is 5.56. The quantitative estimate of drug-likeness (QED) is 0.860. The van der Waals surface area contributed by atoms with E-state index in [1.54, 1.807) is 0 Å². The molecule has 1 aromatic rings. The Balaban J connectivity index is 1.87. The van der Waals surface area contributed by atoms with Crippen molar-refractivity contribution in [3.63, 3.8) is 0 Å². The van der Waals surface area contributed by atoms with Gasteiger partial charge in [0, 0.05) is 25.0 Å². The Hall–Kier alpha value is -0.930. The highest BCUT2D eigenvalue weighted by Gasteiger charge is 2.19. The minimum Gasteiger partial charge on any atom is -0.395 e. The van der Waals surface area contributed by atoms with E-state index in [2.05, 4.69) is 28.9 Å². The number of aromatic nitrogens is 1. The zero-order valence-electron chi connectivity index (χ0n) is 10.6. The summed E-state index contributed by atoms with van der Waals surface area (Å²) < 4.78 is 0. The normalized spacial score (nSPS) is 21.6. The van der Waals surface area contributed by atoms with Gasteiger partial charge in [-0.1, -0.05) is 6.07 Å². The Labute approximate surface area is 103 Å². The van der Waals surface area contributed by atoms with Gasteiger partial charge >= 0.3 is 0 Å². The van der Waals surface area contributed by atoms with Crippen LogP contribution in [0.15, 0.2) is 18.3 Å². The first-order valence-corrected chi connectivity index (χ1v) is 6.52. The van der Waals surface area contributed by atoms with Crippen LogP contribution in [-0.2, 0) is 6.42 Å². The molecule has 1 fully saturated rings. The highest BCUT2D eigenvalue weighted by Crippen LogP contribution is 2.19. The predicted octanol–water partition coefficient (Wildman–Crippen LogP) is 1.64. The number of aliphatic hydroxyl groups excluding tert-OH is 1. The lowest BCUT2D eigenvalue weighted by Crippen LogP contribution is -2.37. The molecule has 0 unspecified atom stereocenters. The molecule has 17 heavy (non-hydrogen) atoms. The lowest BCUT2D eigenvalue weighted by atomic mass is 9.93. The van der Waals surface area contributed by atoms with Gasteiger partial charge in [-0.2, -0.15) is 0 Å². The van der Waals surface area contributed by atoms with Crippen molar-refractivity contribution < 1.29 is 5.11 Å². The number of β-amino-alcohol motifs (C(OH)–C–C–N with tert-alkyl or cyclic N) is 1. The summed E-state index contributed by atoms with van der Waals surface area (Å²) >= 11 is 0. The minimum atomic E-state index is 0.273. The van der Waals surface area contributed by atoms with Crippen LogP contribution in [0.25, 0.3) is 0 Å². The fourth-order valence-electron chi connectivity index (χ4n) is 2.58. The Morgan fingerprint density at radius 1 is 1.47 bits per heavy atom. The van der Waals surface area contributed by atoms with Crippen molar-refractivity contribution in [2.75, 3.05) is 26.2 Å². The molecule has 0 aromatic carbocycles. The molecule has 3 nitrogen and oxygen atoms in total. The van der Waals surface area contributed by atoms with Gasteiger partial charge in [-0.3, -0.25) is 4.98 Å². The third-order valence-corrected chi connectivity index (χ3v) is 3.49. The number of aliphatic hydroxyl groups is 1. The van der Waals surface area contributed by atoms with E-state index in [1.807, 2.05) is 6.20 Å². The molecule has 2 heterocycles. The molecule has 3 heteroatoms. The summed E-state index contributed by atoms with van der Waals surface area (Å²) in [5, 5.41) is 8.97. The monoisotopic (exact) mass is 234 g/mol. The molecule has 1 N–H and O–H groups in total. The molecule has 1 aliphatic rings. The van der Waals surface area contributed by atoms with Crippen LogP contribution in [0.2, 0.25) is 0 Å². The zero-order chi connectivity index (χ0) is 12.1. The fraction of sp³-hybridized carbons (Fsp3) is 0.643. The van der Waals surface area contributed by atoms with Crippen molar-refractivity contribution in [1.82, 2.24) is 9.88 Å². The topological polar surface area (TPSA) is 36.4 Å². The summed E-state index contributed by atoms with van der Waals surface area (Å²) in [6.45, 7) is 5.40. The van der Waals surface area contributed by atoms with Gasteiger partial charge in [0.15, 0.2) is 0 Å². The molecule has 1 aliphatic heterocycles. The molecular weight excluding hydrogens is 212 g/mol. The van der Waals surface area contributed by atoms with Gasteiger partial charge in [-0.15, -0.1) is 0 Å². The van der Waals surface area contributed by atoms with E-state index in [1.165, 1.54) is 24.1 Å². The third-order valence-electron chi connectivity index (χ3n) is 3.49. The van der Waals surface area contributed by atoms with Crippen LogP contribution in [0.3, 0.4) is 0 Å². The number of piperidine rings is 1. The highest BCUT2D eigenvalue weighted by molar-refractivity contribution is 5.12. The van der Waals surface area contributed by atoms with Crippen LogP contribution in [-0.4, -0.2) is 41.2 Å². The molecule has 0 spiro atoms. The lowest BCUT2D eigenvalue weighted by molar-refractivity contribution is 0.139. The van der Waals surface area contributed by atoms with Gasteiger partial charge < -0.3 is 10.0 Å². The van der Waals surface area contributed by atoms with Gasteiger partial charge in [0.2, 0.25) is 0 Å². The number of likely N-dealkylation sites (tertiary alicyclic amines) is 1. The molecule has 1 atom stereocenters. The smallest absolute Gasteiger partial charge is 0.0558 e. The van der Waals surface area contributed by atoms with Crippen molar-refractivity contribution in [2.45, 2.75) is 26.2 Å². The van der Waals surface area contributed by atoms with Crippen LogP contribution in [0.1, 0.15) is 24.1 Å². The summed E-state index contributed by atoms with van der Waals surface area (Å²) in [4.78, 5) is 6.84. The number of rotatable bonds is 4. The van der Waals surface area contributed by atoms with E-state index in [4.69, 9.17) is 5.11 Å². The maximum absolute atomic E-state index is 8.97. The van der Waals surface area contributed by atoms with Crippen LogP contribution in [0.5, 0.6) is 0 Å². The molecule has 1 aromatic heterocycles. The Morgan fingerprint density at radius 2 is 2.35 bits per heavy atom. The molecule has 0 bridgehead atoms. The fourth-order valence-corrected chi connectivity index (χ4v) is 2.58. The average Bonchev–Trinajstić information content (AvgIpc) is 2.33. The van der Waals surface area contributed by atoms with Crippen molar-refractivity contribution in [3.8, 4) is 0 Å². The van der Waals surface area contributed by atoms with E-state index in [-0.39, 0.29) is 6.61 Å². The van der Waals surface area contributed by atoms with Gasteiger partial charge in [0.25, 0.3) is 0 Å². The predicted molar refractivity (Wildman–Crippen MR) is 68.9 cm³/mol. The molecule has 94 valence electrons. The number of nitrogens with zero attached hydrogens (tertiary/aromatic N) is 2. The van der Waals surface area contributed by atoms with E-state index in [0.29, 0.717) is 5.92 Å². The SMILES string of the molecule is Cc1ccc(C[C@H]2CCCN(CCO)C2)nc1. The zero-order valence-corrected chi connectivity index (χ0v) is 10.6. The van der Waals surface area contributed by atoms with E-state index >= 15 is 0 Å². The molecule has 2 rings (SSSR count). The Morgan fingerprint density at radius 3 is 3.06 bits per heavy atom. The summed E-state index contributed by atoms with van der Waals surface area (Å²) in [5.41, 5.74) is 2.42. The highest BCUT2D eigenvalue weighted by atomic mass is 16.3. The Bertz CT molecular complexity index is 335. The van der Waals surface area contributed by atoms with Gasteiger partial charge in [0.05, 0.1) is 6.61 Å². The first-order valence-electron chi connectivity index (χ1n) is 6.52. The standard InChI is InChI=1S/C14H22N2O/c1-12-4-5-14(15-10-12)9-13-3-2-6-16(11-13)7-8-17/h4-5,10,13,17H,2-3,6-9,11H2,1H3/t13-/m1/s1. The average molecular weight is 234 g/mol. The largest absolute Gasteiger partial charge is 0.395 e. The first-order chi connectivity index (χ1) is 8.28. The molecule has 1 saturated heterocycles. The van der Waals surface area contributed by atoms with Crippen LogP contribution < -0.4 is 0 Å². The van der Waals surface area contributed by atoms with Crippen LogP contribution in [0.4, 0.5) is 0 Å². The second-order valence-electron chi connectivity index (χ2n) is 5.06. The summed E-state index contributed by atoms with van der Waals surface area (Å²) in [7, 11) is 0. The maximum Gasteiger partial charge on any atom is 0.0558 e. The van der Waals surface area contributed by atoms with Crippen molar-refractivity contribution in [2.24, 2.45) is 5.92 Å². The van der Waals surface area contributed by atoms with Gasteiger partial charge in [-0.05, 0) is 50.3 Å². The van der Waals surface area contributed by atoms with E-state index < -0.39 is 0 Å². The maximum atomic E-state index is 8.97. The van der Waals surface area contributed by atoms with Gasteiger partial charge in [-0.25, -0.2) is 0 Å². The van der Waals surface area contributed by atoms with Crippen molar-refractivity contribution in [1.29, 1.82) is 0 Å². The van der Waals surface area contributed by atoms with Crippen molar-refractivity contribution in [3.05, 3.63) is 29.6 Å². The van der Waals surface area contributed by atoms with Crippen molar-refractivity contribution >= 4 is 0 Å². The molecule has 0 amide bonds. The minimum absolute atomic E-state index is 0.273. The van der Waals surface area contributed by atoms with Crippen LogP contribution in [0, 0.1) is 12.8 Å². The first kappa shape index (κ1) is 12.5. The third kappa shape index (κ3) is 3.79. The second kappa shape index (κ2) is 6.12. The molecular formula is C14H22N2O. The lowest BCUT2D eigenvalue weighted by Gasteiger charge is -2.32. The van der Waals surface area contributed by atoms with E-state index in [0.717, 1.165) is 26.1 Å². The number of hydrogen-bond acceptors (Lipinski definition) is 3. The number of pyridine rings is 1. The molecule has 0 saturated carbocycles. The second-order valence-corrected chi connectivity index (χ2v) is 5.06.